The van der Waals surface area contributed by atoms with Crippen LogP contribution in [0.15, 0.2) is 11.4 Å². The lowest BCUT2D eigenvalue weighted by Crippen LogP contribution is -1.94. The van der Waals surface area contributed by atoms with Crippen LogP contribution in [0, 0.1) is 0 Å². The Labute approximate surface area is 88.7 Å². The summed E-state index contributed by atoms with van der Waals surface area (Å²) >= 11 is 7.48. The number of ether oxygens (including phenoxy) is 1. The first-order valence-electron chi connectivity index (χ1n) is 4.64. The van der Waals surface area contributed by atoms with Crippen LogP contribution < -0.4 is 0 Å². The normalized spacial score (nSPS) is 10.6. The van der Waals surface area contributed by atoms with E-state index in [9.17, 15) is 0 Å². The van der Waals surface area contributed by atoms with Crippen molar-refractivity contribution in [1.82, 2.24) is 0 Å². The minimum atomic E-state index is 0.659. The molecular formula is C10H15ClOS. The van der Waals surface area contributed by atoms with Gasteiger partial charge in [0.15, 0.2) is 0 Å². The molecule has 1 heterocycles. The van der Waals surface area contributed by atoms with E-state index < -0.39 is 0 Å². The van der Waals surface area contributed by atoms with Crippen LogP contribution in [0.2, 0.25) is 4.34 Å². The predicted octanol–water partition coefficient (Wildman–Crippen LogP) is 4.11. The van der Waals surface area contributed by atoms with E-state index in [1.807, 2.05) is 11.4 Å². The van der Waals surface area contributed by atoms with Crippen molar-refractivity contribution in [2.45, 2.75) is 32.8 Å². The molecule has 0 aromatic carbocycles. The fourth-order valence-corrected chi connectivity index (χ4v) is 1.96. The molecule has 0 radical (unpaired) electrons. The van der Waals surface area contributed by atoms with Crippen molar-refractivity contribution in [3.8, 4) is 0 Å². The maximum absolute atomic E-state index is 5.92. The first-order valence-corrected chi connectivity index (χ1v) is 5.90. The van der Waals surface area contributed by atoms with Gasteiger partial charge in [0, 0.05) is 12.2 Å². The predicted molar refractivity (Wildman–Crippen MR) is 58.5 cm³/mol. The minimum Gasteiger partial charge on any atom is -0.377 e. The molecule has 74 valence electrons. The third-order valence-corrected chi connectivity index (χ3v) is 3.09. The van der Waals surface area contributed by atoms with Crippen LogP contribution in [0.3, 0.4) is 0 Å². The highest BCUT2D eigenvalue weighted by Gasteiger charge is 2.00. The van der Waals surface area contributed by atoms with Gasteiger partial charge in [-0.3, -0.25) is 0 Å². The molecule has 3 heteroatoms. The first kappa shape index (κ1) is 11.0. The SMILES string of the molecule is CCCCCOCc1ccsc1Cl. The molecule has 1 nitrogen and oxygen atoms in total. The van der Waals surface area contributed by atoms with Gasteiger partial charge in [-0.1, -0.05) is 31.4 Å². The summed E-state index contributed by atoms with van der Waals surface area (Å²) in [7, 11) is 0. The van der Waals surface area contributed by atoms with Crippen LogP contribution in [0.5, 0.6) is 0 Å². The lowest BCUT2D eigenvalue weighted by molar-refractivity contribution is 0.117. The van der Waals surface area contributed by atoms with Crippen molar-refractivity contribution in [3.63, 3.8) is 0 Å². The Hall–Kier alpha value is -0.0500. The van der Waals surface area contributed by atoms with Crippen LogP contribution in [-0.2, 0) is 11.3 Å². The maximum Gasteiger partial charge on any atom is 0.0983 e. The highest BCUT2D eigenvalue weighted by Crippen LogP contribution is 2.23. The van der Waals surface area contributed by atoms with Gasteiger partial charge < -0.3 is 4.74 Å². The Kier molecular flexibility index (Phi) is 5.44. The highest BCUT2D eigenvalue weighted by molar-refractivity contribution is 7.14. The van der Waals surface area contributed by atoms with Gasteiger partial charge in [0.1, 0.15) is 0 Å². The van der Waals surface area contributed by atoms with Crippen LogP contribution in [0.25, 0.3) is 0 Å². The van der Waals surface area contributed by atoms with Crippen LogP contribution in [-0.4, -0.2) is 6.61 Å². The van der Waals surface area contributed by atoms with Gasteiger partial charge in [-0.05, 0) is 17.9 Å². The van der Waals surface area contributed by atoms with Crippen molar-refractivity contribution in [3.05, 3.63) is 21.3 Å². The van der Waals surface area contributed by atoms with E-state index in [-0.39, 0.29) is 0 Å². The van der Waals surface area contributed by atoms with Crippen molar-refractivity contribution < 1.29 is 4.74 Å². The number of hydrogen-bond acceptors (Lipinski definition) is 2. The maximum atomic E-state index is 5.92. The van der Waals surface area contributed by atoms with Gasteiger partial charge in [-0.15, -0.1) is 11.3 Å². The Morgan fingerprint density at radius 2 is 2.31 bits per heavy atom. The summed E-state index contributed by atoms with van der Waals surface area (Å²) < 4.78 is 6.34. The van der Waals surface area contributed by atoms with Gasteiger partial charge in [0.25, 0.3) is 0 Å². The van der Waals surface area contributed by atoms with Crippen molar-refractivity contribution in [2.24, 2.45) is 0 Å². The highest BCUT2D eigenvalue weighted by atomic mass is 35.5. The zero-order valence-corrected chi connectivity index (χ0v) is 9.46. The van der Waals surface area contributed by atoms with Gasteiger partial charge in [-0.25, -0.2) is 0 Å². The number of rotatable bonds is 6. The fourth-order valence-electron chi connectivity index (χ4n) is 1.06. The summed E-state index contributed by atoms with van der Waals surface area (Å²) in [5, 5.41) is 1.99. The molecule has 0 fully saturated rings. The molecule has 1 aromatic rings. The topological polar surface area (TPSA) is 9.23 Å². The molecule has 0 saturated carbocycles. The smallest absolute Gasteiger partial charge is 0.0983 e. The lowest BCUT2D eigenvalue weighted by atomic mass is 10.3. The molecule has 0 atom stereocenters. The third kappa shape index (κ3) is 4.12. The number of halogens is 1. The summed E-state index contributed by atoms with van der Waals surface area (Å²) in [4.78, 5) is 0. The van der Waals surface area contributed by atoms with Crippen LogP contribution in [0.1, 0.15) is 31.7 Å². The molecule has 1 rings (SSSR count). The molecule has 0 bridgehead atoms. The minimum absolute atomic E-state index is 0.659. The Morgan fingerprint density at radius 1 is 1.46 bits per heavy atom. The van der Waals surface area contributed by atoms with Crippen molar-refractivity contribution in [1.29, 1.82) is 0 Å². The largest absolute Gasteiger partial charge is 0.377 e. The second-order valence-corrected chi connectivity index (χ2v) is 4.50. The Bertz CT molecular complexity index is 235. The summed E-state index contributed by atoms with van der Waals surface area (Å²) in [5.74, 6) is 0. The standard InChI is InChI=1S/C10H15ClOS/c1-2-3-4-6-12-8-9-5-7-13-10(9)11/h5,7H,2-4,6,8H2,1H3. The monoisotopic (exact) mass is 218 g/mol. The summed E-state index contributed by atoms with van der Waals surface area (Å²) in [6, 6.07) is 2.02. The van der Waals surface area contributed by atoms with E-state index in [4.69, 9.17) is 16.3 Å². The van der Waals surface area contributed by atoms with E-state index in [1.54, 1.807) is 11.3 Å². The van der Waals surface area contributed by atoms with Crippen LogP contribution in [0.4, 0.5) is 0 Å². The third-order valence-electron chi connectivity index (χ3n) is 1.84. The van der Waals surface area contributed by atoms with E-state index in [0.717, 1.165) is 22.9 Å². The molecule has 0 aliphatic rings. The van der Waals surface area contributed by atoms with Gasteiger partial charge in [0.2, 0.25) is 0 Å². The van der Waals surface area contributed by atoms with Gasteiger partial charge >= 0.3 is 0 Å². The average Bonchev–Trinajstić information content (AvgIpc) is 2.52. The quantitative estimate of drug-likeness (QED) is 0.653. The van der Waals surface area contributed by atoms with E-state index in [1.165, 1.54) is 12.8 Å². The van der Waals surface area contributed by atoms with Gasteiger partial charge in [0.05, 0.1) is 10.9 Å². The number of unbranched alkanes of at least 4 members (excludes halogenated alkanes) is 2. The molecule has 0 saturated heterocycles. The van der Waals surface area contributed by atoms with Crippen LogP contribution >= 0.6 is 22.9 Å². The number of hydrogen-bond donors (Lipinski definition) is 0. The van der Waals surface area contributed by atoms with Gasteiger partial charge in [-0.2, -0.15) is 0 Å². The summed E-state index contributed by atoms with van der Waals surface area (Å²) in [5.41, 5.74) is 1.11. The summed E-state index contributed by atoms with van der Waals surface area (Å²) in [6.07, 6.45) is 3.64. The van der Waals surface area contributed by atoms with E-state index in [0.29, 0.717) is 6.61 Å². The molecule has 0 amide bonds. The van der Waals surface area contributed by atoms with E-state index in [2.05, 4.69) is 6.92 Å². The fraction of sp³-hybridized carbons (Fsp3) is 0.600. The Morgan fingerprint density at radius 3 is 2.92 bits per heavy atom. The molecule has 0 spiro atoms. The Balaban J connectivity index is 2.10. The van der Waals surface area contributed by atoms with Crippen molar-refractivity contribution in [2.75, 3.05) is 6.61 Å². The number of thiophene rings is 1. The second-order valence-electron chi connectivity index (χ2n) is 2.98. The second kappa shape index (κ2) is 6.41. The molecule has 1 aromatic heterocycles. The zero-order chi connectivity index (χ0) is 9.52. The molecule has 0 N–H and O–H groups in total. The molecule has 0 aliphatic carbocycles. The van der Waals surface area contributed by atoms with E-state index >= 15 is 0 Å². The van der Waals surface area contributed by atoms with Crippen molar-refractivity contribution >= 4 is 22.9 Å². The first-order chi connectivity index (χ1) is 6.34. The zero-order valence-electron chi connectivity index (χ0n) is 7.88. The molecule has 0 unspecified atom stereocenters. The molecule has 0 aliphatic heterocycles. The average molecular weight is 219 g/mol. The lowest BCUT2D eigenvalue weighted by Gasteiger charge is -2.01. The molecular weight excluding hydrogens is 204 g/mol. The summed E-state index contributed by atoms with van der Waals surface area (Å²) in [6.45, 7) is 3.70. The molecule has 13 heavy (non-hydrogen) atoms.